The van der Waals surface area contributed by atoms with Gasteiger partial charge in [0.25, 0.3) is 0 Å². The molecule has 0 radical (unpaired) electrons. The van der Waals surface area contributed by atoms with Crippen molar-refractivity contribution in [1.29, 1.82) is 0 Å². The highest BCUT2D eigenvalue weighted by Gasteiger charge is 2.19. The normalized spacial score (nSPS) is 13.5. The second-order valence-corrected chi connectivity index (χ2v) is 6.50. The van der Waals surface area contributed by atoms with Gasteiger partial charge in [0.2, 0.25) is 0 Å². The Morgan fingerprint density at radius 1 is 1.21 bits per heavy atom. The second-order valence-electron chi connectivity index (χ2n) is 5.97. The zero-order chi connectivity index (χ0) is 13.9. The van der Waals surface area contributed by atoms with Crippen molar-refractivity contribution < 1.29 is 0 Å². The minimum atomic E-state index is -0.0607. The van der Waals surface area contributed by atoms with E-state index in [1.54, 1.807) is 6.20 Å². The van der Waals surface area contributed by atoms with Crippen LogP contribution in [0.1, 0.15) is 44.7 Å². The largest absolute Gasteiger partial charge is 0.216 e. The summed E-state index contributed by atoms with van der Waals surface area (Å²) < 4.78 is 1.82. The van der Waals surface area contributed by atoms with Crippen LogP contribution in [-0.2, 0) is 0 Å². The van der Waals surface area contributed by atoms with Crippen LogP contribution in [-0.4, -0.2) is 15.0 Å². The molecule has 0 aliphatic rings. The summed E-state index contributed by atoms with van der Waals surface area (Å²) in [6.45, 7) is 6.68. The van der Waals surface area contributed by atoms with Crippen LogP contribution < -0.4 is 0 Å². The highest BCUT2D eigenvalue weighted by molar-refractivity contribution is 6.20. The molecule has 0 aliphatic heterocycles. The molecule has 0 amide bonds. The summed E-state index contributed by atoms with van der Waals surface area (Å²) in [4.78, 5) is 0. The van der Waals surface area contributed by atoms with Crippen molar-refractivity contribution in [3.8, 4) is 5.69 Å². The van der Waals surface area contributed by atoms with Crippen LogP contribution in [0.2, 0.25) is 0 Å². The Hall–Kier alpha value is -1.35. The van der Waals surface area contributed by atoms with E-state index in [4.69, 9.17) is 11.6 Å². The smallest absolute Gasteiger partial charge is 0.0824 e. The summed E-state index contributed by atoms with van der Waals surface area (Å²) in [7, 11) is 0. The summed E-state index contributed by atoms with van der Waals surface area (Å²) in [5, 5.41) is 8.07. The monoisotopic (exact) mass is 277 g/mol. The van der Waals surface area contributed by atoms with Crippen LogP contribution >= 0.6 is 11.6 Å². The Kier molecular flexibility index (Phi) is 4.25. The first-order chi connectivity index (χ1) is 8.97. The van der Waals surface area contributed by atoms with E-state index in [1.165, 1.54) is 0 Å². The molecule has 0 aliphatic carbocycles. The highest BCUT2D eigenvalue weighted by atomic mass is 35.5. The number of para-hydroxylation sites is 1. The molecule has 1 heterocycles. The molecule has 19 heavy (non-hydrogen) atoms. The molecule has 0 spiro atoms. The topological polar surface area (TPSA) is 30.7 Å². The van der Waals surface area contributed by atoms with Gasteiger partial charge in [0.15, 0.2) is 0 Å². The molecule has 3 nitrogen and oxygen atoms in total. The van der Waals surface area contributed by atoms with Crippen LogP contribution in [0, 0.1) is 5.41 Å². The van der Waals surface area contributed by atoms with Crippen molar-refractivity contribution in [2.75, 3.05) is 0 Å². The lowest BCUT2D eigenvalue weighted by molar-refractivity contribution is 0.362. The van der Waals surface area contributed by atoms with Gasteiger partial charge in [-0.05, 0) is 30.4 Å². The number of rotatable bonds is 4. The highest BCUT2D eigenvalue weighted by Crippen LogP contribution is 2.31. The van der Waals surface area contributed by atoms with E-state index in [-0.39, 0.29) is 10.8 Å². The molecule has 0 saturated carbocycles. The molecule has 1 atom stereocenters. The predicted molar refractivity (Wildman–Crippen MR) is 78.6 cm³/mol. The lowest BCUT2D eigenvalue weighted by Crippen LogP contribution is -2.09. The molecular formula is C15H20ClN3. The van der Waals surface area contributed by atoms with Gasteiger partial charge in [-0.25, -0.2) is 4.68 Å². The van der Waals surface area contributed by atoms with Crippen LogP contribution in [0.5, 0.6) is 0 Å². The first-order valence-corrected chi connectivity index (χ1v) is 7.01. The van der Waals surface area contributed by atoms with Gasteiger partial charge in [0, 0.05) is 0 Å². The predicted octanol–water partition coefficient (Wildman–Crippen LogP) is 4.37. The summed E-state index contributed by atoms with van der Waals surface area (Å²) in [5.74, 6) is 0. The van der Waals surface area contributed by atoms with E-state index in [1.807, 2.05) is 35.0 Å². The molecule has 102 valence electrons. The summed E-state index contributed by atoms with van der Waals surface area (Å²) in [6, 6.07) is 9.97. The lowest BCUT2D eigenvalue weighted by Gasteiger charge is -2.20. The number of alkyl halides is 1. The van der Waals surface area contributed by atoms with Crippen molar-refractivity contribution in [3.63, 3.8) is 0 Å². The quantitative estimate of drug-likeness (QED) is 0.777. The SMILES string of the molecule is CC(C)(C)CCC(Cl)c1cnnn1-c1ccccc1. The first-order valence-electron chi connectivity index (χ1n) is 6.57. The van der Waals surface area contributed by atoms with Crippen molar-refractivity contribution >= 4 is 11.6 Å². The lowest BCUT2D eigenvalue weighted by atomic mass is 9.89. The van der Waals surface area contributed by atoms with Crippen LogP contribution in [0.4, 0.5) is 0 Å². The Labute approximate surface area is 119 Å². The molecule has 1 unspecified atom stereocenters. The summed E-state index contributed by atoms with van der Waals surface area (Å²) >= 11 is 6.51. The third-order valence-electron chi connectivity index (χ3n) is 3.05. The van der Waals surface area contributed by atoms with Gasteiger partial charge < -0.3 is 0 Å². The number of hydrogen-bond acceptors (Lipinski definition) is 2. The van der Waals surface area contributed by atoms with Gasteiger partial charge in [-0.15, -0.1) is 16.7 Å². The van der Waals surface area contributed by atoms with E-state index in [2.05, 4.69) is 31.1 Å². The van der Waals surface area contributed by atoms with Gasteiger partial charge in [-0.2, -0.15) is 0 Å². The first kappa shape index (κ1) is 14.1. The van der Waals surface area contributed by atoms with Crippen LogP contribution in [0.25, 0.3) is 5.69 Å². The minimum Gasteiger partial charge on any atom is -0.216 e. The Balaban J connectivity index is 2.16. The molecule has 2 rings (SSSR count). The van der Waals surface area contributed by atoms with E-state index in [9.17, 15) is 0 Å². The van der Waals surface area contributed by atoms with Crippen LogP contribution in [0.3, 0.4) is 0 Å². The van der Waals surface area contributed by atoms with Gasteiger partial charge in [-0.1, -0.05) is 44.2 Å². The maximum Gasteiger partial charge on any atom is 0.0824 e. The van der Waals surface area contributed by atoms with E-state index in [0.717, 1.165) is 24.2 Å². The third kappa shape index (κ3) is 3.80. The maximum atomic E-state index is 6.51. The molecule has 0 fully saturated rings. The van der Waals surface area contributed by atoms with Gasteiger partial charge in [0.05, 0.1) is 23.0 Å². The fourth-order valence-corrected chi connectivity index (χ4v) is 2.19. The van der Waals surface area contributed by atoms with Crippen molar-refractivity contribution in [3.05, 3.63) is 42.2 Å². The third-order valence-corrected chi connectivity index (χ3v) is 3.49. The zero-order valence-electron chi connectivity index (χ0n) is 11.7. The van der Waals surface area contributed by atoms with Gasteiger partial charge in [0.1, 0.15) is 0 Å². The number of benzene rings is 1. The Morgan fingerprint density at radius 3 is 2.53 bits per heavy atom. The standard InChI is InChI=1S/C15H20ClN3/c1-15(2,3)10-9-13(16)14-11-17-18-19(14)12-7-5-4-6-8-12/h4-8,11,13H,9-10H2,1-3H3. The zero-order valence-corrected chi connectivity index (χ0v) is 12.4. The number of halogens is 1. The number of nitrogens with zero attached hydrogens (tertiary/aromatic N) is 3. The Bertz CT molecular complexity index is 514. The molecule has 0 N–H and O–H groups in total. The van der Waals surface area contributed by atoms with Crippen LogP contribution in [0.15, 0.2) is 36.5 Å². The molecule has 0 bridgehead atoms. The van der Waals surface area contributed by atoms with Crippen molar-refractivity contribution in [2.24, 2.45) is 5.41 Å². The summed E-state index contributed by atoms with van der Waals surface area (Å²) in [5.41, 5.74) is 2.24. The van der Waals surface area contributed by atoms with E-state index < -0.39 is 0 Å². The maximum absolute atomic E-state index is 6.51. The molecule has 1 aromatic carbocycles. The fourth-order valence-electron chi connectivity index (χ4n) is 1.93. The molecule has 1 aromatic heterocycles. The molecule has 0 saturated heterocycles. The number of hydrogen-bond donors (Lipinski definition) is 0. The minimum absolute atomic E-state index is 0.0607. The number of aromatic nitrogens is 3. The molecular weight excluding hydrogens is 258 g/mol. The van der Waals surface area contributed by atoms with Crippen molar-refractivity contribution in [1.82, 2.24) is 15.0 Å². The molecule has 4 heteroatoms. The summed E-state index contributed by atoms with van der Waals surface area (Å²) in [6.07, 6.45) is 3.75. The van der Waals surface area contributed by atoms with Gasteiger partial charge >= 0.3 is 0 Å². The second kappa shape index (κ2) is 5.74. The van der Waals surface area contributed by atoms with Crippen molar-refractivity contribution in [2.45, 2.75) is 39.0 Å². The van der Waals surface area contributed by atoms with E-state index >= 15 is 0 Å². The van der Waals surface area contributed by atoms with Gasteiger partial charge in [-0.3, -0.25) is 0 Å². The average molecular weight is 278 g/mol. The Morgan fingerprint density at radius 2 is 1.89 bits per heavy atom. The average Bonchev–Trinajstić information content (AvgIpc) is 2.85. The fraction of sp³-hybridized carbons (Fsp3) is 0.467. The molecule has 2 aromatic rings. The van der Waals surface area contributed by atoms with E-state index in [0.29, 0.717) is 0 Å².